The average molecular weight is 320 g/mol. The first-order valence-corrected chi connectivity index (χ1v) is 9.99. The van der Waals surface area contributed by atoms with Crippen molar-refractivity contribution in [2.45, 2.75) is 63.5 Å². The van der Waals surface area contributed by atoms with E-state index >= 15 is 0 Å². The summed E-state index contributed by atoms with van der Waals surface area (Å²) in [5, 5.41) is 8.38. The molecule has 1 aliphatic rings. The molecule has 1 atom stereocenters. The second kappa shape index (κ2) is 8.11. The largest absolute Gasteiger partial charge is 0.306 e. The first kappa shape index (κ1) is 15.3. The van der Waals surface area contributed by atoms with E-state index in [1.165, 1.54) is 54.7 Å². The van der Waals surface area contributed by atoms with E-state index in [9.17, 15) is 0 Å². The highest BCUT2D eigenvalue weighted by Crippen LogP contribution is 2.27. The van der Waals surface area contributed by atoms with Gasteiger partial charge in [-0.15, -0.1) is 22.7 Å². The molecule has 3 rings (SSSR count). The van der Waals surface area contributed by atoms with Crippen LogP contribution in [0, 0.1) is 0 Å². The van der Waals surface area contributed by atoms with Gasteiger partial charge in [-0.2, -0.15) is 0 Å². The van der Waals surface area contributed by atoms with E-state index in [1.807, 2.05) is 22.7 Å². The maximum absolute atomic E-state index is 3.98. The van der Waals surface area contributed by atoms with E-state index in [-0.39, 0.29) is 0 Å². The van der Waals surface area contributed by atoms with Gasteiger partial charge in [-0.3, -0.25) is 0 Å². The van der Waals surface area contributed by atoms with Crippen molar-refractivity contribution in [3.8, 4) is 0 Å². The lowest BCUT2D eigenvalue weighted by Gasteiger charge is -2.26. The van der Waals surface area contributed by atoms with Crippen molar-refractivity contribution in [2.75, 3.05) is 0 Å². The van der Waals surface area contributed by atoms with Gasteiger partial charge < -0.3 is 5.32 Å². The van der Waals surface area contributed by atoms with Gasteiger partial charge in [0.1, 0.15) is 0 Å². The third kappa shape index (κ3) is 4.67. The van der Waals surface area contributed by atoms with Crippen molar-refractivity contribution in [3.63, 3.8) is 0 Å². The molecule has 21 heavy (non-hydrogen) atoms. The molecule has 1 fully saturated rings. The maximum atomic E-state index is 3.98. The van der Waals surface area contributed by atoms with E-state index in [2.05, 4.69) is 40.3 Å². The minimum atomic E-state index is 0.494. The first-order chi connectivity index (χ1) is 10.4. The lowest BCUT2D eigenvalue weighted by atomic mass is 9.95. The topological polar surface area (TPSA) is 12.0 Å². The SMILES string of the molecule is c1csc(CC(NC2CCCCCCC2)c2cccs2)c1. The van der Waals surface area contributed by atoms with Crippen LogP contribution in [0.1, 0.15) is 60.7 Å². The summed E-state index contributed by atoms with van der Waals surface area (Å²) in [5.41, 5.74) is 0. The standard InChI is InChI=1S/C18H25NS2/c1-2-4-8-15(9-5-3-1)19-17(18-11-7-13-21-18)14-16-10-6-12-20-16/h6-7,10-13,15,17,19H,1-5,8-9,14H2. The Morgan fingerprint density at radius 2 is 1.67 bits per heavy atom. The molecule has 3 heteroatoms. The highest BCUT2D eigenvalue weighted by molar-refractivity contribution is 7.10. The van der Waals surface area contributed by atoms with Crippen LogP contribution in [0.25, 0.3) is 0 Å². The van der Waals surface area contributed by atoms with Crippen LogP contribution in [0.4, 0.5) is 0 Å². The Morgan fingerprint density at radius 3 is 2.33 bits per heavy atom. The molecular weight excluding hydrogens is 294 g/mol. The number of nitrogens with one attached hydrogen (secondary N) is 1. The minimum Gasteiger partial charge on any atom is -0.306 e. The second-order valence-corrected chi connectivity index (χ2v) is 8.07. The van der Waals surface area contributed by atoms with Crippen LogP contribution in [0.5, 0.6) is 0 Å². The van der Waals surface area contributed by atoms with E-state index in [1.54, 1.807) is 0 Å². The summed E-state index contributed by atoms with van der Waals surface area (Å²) in [4.78, 5) is 2.98. The Morgan fingerprint density at radius 1 is 0.952 bits per heavy atom. The second-order valence-electron chi connectivity index (χ2n) is 6.06. The fourth-order valence-electron chi connectivity index (χ4n) is 3.27. The highest BCUT2D eigenvalue weighted by Gasteiger charge is 2.19. The summed E-state index contributed by atoms with van der Waals surface area (Å²) >= 11 is 3.78. The number of thiophene rings is 2. The molecule has 1 aliphatic carbocycles. The molecule has 0 radical (unpaired) electrons. The minimum absolute atomic E-state index is 0.494. The number of rotatable bonds is 5. The smallest absolute Gasteiger partial charge is 0.0465 e. The fraction of sp³-hybridized carbons (Fsp3) is 0.556. The summed E-state index contributed by atoms with van der Waals surface area (Å²) < 4.78 is 0. The quantitative estimate of drug-likeness (QED) is 0.735. The van der Waals surface area contributed by atoms with Crippen LogP contribution in [0.2, 0.25) is 0 Å². The van der Waals surface area contributed by atoms with E-state index in [0.717, 1.165) is 6.42 Å². The van der Waals surface area contributed by atoms with Gasteiger partial charge >= 0.3 is 0 Å². The molecule has 0 saturated heterocycles. The lowest BCUT2D eigenvalue weighted by molar-refractivity contribution is 0.355. The Kier molecular flexibility index (Phi) is 5.90. The van der Waals surface area contributed by atoms with Gasteiger partial charge in [0.05, 0.1) is 0 Å². The van der Waals surface area contributed by atoms with Crippen LogP contribution in [0.15, 0.2) is 35.0 Å². The van der Waals surface area contributed by atoms with Crippen molar-refractivity contribution < 1.29 is 0 Å². The zero-order chi connectivity index (χ0) is 14.3. The van der Waals surface area contributed by atoms with Gasteiger partial charge in [0, 0.05) is 28.3 Å². The molecule has 0 spiro atoms. The van der Waals surface area contributed by atoms with Crippen LogP contribution in [0.3, 0.4) is 0 Å². The molecule has 2 aromatic heterocycles. The molecule has 1 nitrogen and oxygen atoms in total. The molecule has 1 N–H and O–H groups in total. The third-order valence-corrected chi connectivity index (χ3v) is 6.30. The molecule has 114 valence electrons. The van der Waals surface area contributed by atoms with Crippen molar-refractivity contribution in [2.24, 2.45) is 0 Å². The fourth-order valence-corrected chi connectivity index (χ4v) is 4.81. The molecule has 1 saturated carbocycles. The Hall–Kier alpha value is -0.640. The summed E-state index contributed by atoms with van der Waals surface area (Å²) in [7, 11) is 0. The van der Waals surface area contributed by atoms with Gasteiger partial charge in [0.25, 0.3) is 0 Å². The number of hydrogen-bond acceptors (Lipinski definition) is 3. The van der Waals surface area contributed by atoms with Gasteiger partial charge in [-0.05, 0) is 35.7 Å². The van der Waals surface area contributed by atoms with E-state index in [4.69, 9.17) is 0 Å². The summed E-state index contributed by atoms with van der Waals surface area (Å²) in [5.74, 6) is 0. The zero-order valence-electron chi connectivity index (χ0n) is 12.6. The summed E-state index contributed by atoms with van der Waals surface area (Å²) in [6.45, 7) is 0. The summed E-state index contributed by atoms with van der Waals surface area (Å²) in [6.07, 6.45) is 10.9. The van der Waals surface area contributed by atoms with Gasteiger partial charge in [0.2, 0.25) is 0 Å². The van der Waals surface area contributed by atoms with Crippen LogP contribution in [-0.4, -0.2) is 6.04 Å². The molecule has 2 aromatic rings. The lowest BCUT2D eigenvalue weighted by Crippen LogP contribution is -2.34. The molecular formula is C18H25NS2. The molecule has 0 bridgehead atoms. The zero-order valence-corrected chi connectivity index (χ0v) is 14.2. The van der Waals surface area contributed by atoms with Crippen molar-refractivity contribution in [1.29, 1.82) is 0 Å². The maximum Gasteiger partial charge on any atom is 0.0465 e. The summed E-state index contributed by atoms with van der Waals surface area (Å²) in [6, 6.07) is 10.1. The molecule has 0 aromatic carbocycles. The Bertz CT molecular complexity index is 481. The third-order valence-electron chi connectivity index (χ3n) is 4.41. The first-order valence-electron chi connectivity index (χ1n) is 8.23. The average Bonchev–Trinajstić information content (AvgIpc) is 3.13. The van der Waals surface area contributed by atoms with Crippen molar-refractivity contribution >= 4 is 22.7 Å². The van der Waals surface area contributed by atoms with Gasteiger partial charge in [-0.1, -0.05) is 44.2 Å². The molecule has 2 heterocycles. The normalized spacial score (nSPS) is 19.0. The highest BCUT2D eigenvalue weighted by atomic mass is 32.1. The van der Waals surface area contributed by atoms with Gasteiger partial charge in [-0.25, -0.2) is 0 Å². The van der Waals surface area contributed by atoms with Crippen molar-refractivity contribution in [3.05, 3.63) is 44.8 Å². The Balaban J connectivity index is 1.66. The van der Waals surface area contributed by atoms with E-state index < -0.39 is 0 Å². The number of hydrogen-bond donors (Lipinski definition) is 1. The van der Waals surface area contributed by atoms with Gasteiger partial charge in [0.15, 0.2) is 0 Å². The van der Waals surface area contributed by atoms with Crippen LogP contribution < -0.4 is 5.32 Å². The predicted octanol–water partition coefficient (Wildman–Crippen LogP) is 5.80. The molecule has 0 aliphatic heterocycles. The monoisotopic (exact) mass is 319 g/mol. The van der Waals surface area contributed by atoms with E-state index in [0.29, 0.717) is 12.1 Å². The Labute approximate surface area is 136 Å². The molecule has 1 unspecified atom stereocenters. The molecule has 0 amide bonds. The predicted molar refractivity (Wildman–Crippen MR) is 94.3 cm³/mol. The van der Waals surface area contributed by atoms with Crippen LogP contribution in [-0.2, 0) is 6.42 Å². The van der Waals surface area contributed by atoms with Crippen LogP contribution >= 0.6 is 22.7 Å². The van der Waals surface area contributed by atoms with Crippen molar-refractivity contribution in [1.82, 2.24) is 5.32 Å².